The van der Waals surface area contributed by atoms with Gasteiger partial charge < -0.3 is 9.80 Å². The normalized spacial score (nSPS) is 16.8. The van der Waals surface area contributed by atoms with E-state index >= 15 is 0 Å². The van der Waals surface area contributed by atoms with Crippen LogP contribution in [0.1, 0.15) is 36.2 Å². The second-order valence-corrected chi connectivity index (χ2v) is 9.64. The smallest absolute Gasteiger partial charge is 0.345 e. The Morgan fingerprint density at radius 1 is 1.26 bits per heavy atom. The van der Waals surface area contributed by atoms with Crippen molar-refractivity contribution < 1.29 is 35.7 Å². The molecule has 0 aliphatic carbocycles. The second kappa shape index (κ2) is 8.36. The molecule has 1 aromatic rings. The Hall–Kier alpha value is -2.25. The van der Waals surface area contributed by atoms with Gasteiger partial charge in [0.05, 0.1) is 22.6 Å². The van der Waals surface area contributed by atoms with Gasteiger partial charge in [-0.3, -0.25) is 19.0 Å². The van der Waals surface area contributed by atoms with Gasteiger partial charge in [0.1, 0.15) is 5.54 Å². The zero-order valence-electron chi connectivity index (χ0n) is 17.2. The highest BCUT2D eigenvalue weighted by molar-refractivity contribution is 7.85. The third-order valence-corrected chi connectivity index (χ3v) is 6.02. The summed E-state index contributed by atoms with van der Waals surface area (Å²) in [7, 11) is -1.58. The topological polar surface area (TPSA) is 98.2 Å². The Morgan fingerprint density at radius 2 is 1.84 bits per heavy atom. The molecule has 1 fully saturated rings. The summed E-state index contributed by atoms with van der Waals surface area (Å²) in [6.45, 7) is 2.99. The van der Waals surface area contributed by atoms with Crippen molar-refractivity contribution in [3.63, 3.8) is 0 Å². The summed E-state index contributed by atoms with van der Waals surface area (Å²) in [5, 5.41) is -0.106. The summed E-state index contributed by atoms with van der Waals surface area (Å²) in [5.41, 5.74) is -3.19. The zero-order valence-corrected chi connectivity index (χ0v) is 18.9. The molecule has 172 valence electrons. The lowest BCUT2D eigenvalue weighted by molar-refractivity contribution is -0.138. The number of hydrogen-bond acceptors (Lipinski definition) is 5. The molecule has 13 heteroatoms. The highest BCUT2D eigenvalue weighted by Crippen LogP contribution is 2.38. The monoisotopic (exact) mass is 481 g/mol. The van der Waals surface area contributed by atoms with E-state index in [1.807, 2.05) is 0 Å². The van der Waals surface area contributed by atoms with Crippen LogP contribution >= 0.6 is 12.2 Å². The van der Waals surface area contributed by atoms with Crippen LogP contribution in [0.15, 0.2) is 18.2 Å². The molecule has 0 spiro atoms. The van der Waals surface area contributed by atoms with E-state index in [1.54, 1.807) is 0 Å². The van der Waals surface area contributed by atoms with Gasteiger partial charge in [-0.05, 0) is 50.7 Å². The summed E-state index contributed by atoms with van der Waals surface area (Å²) in [4.78, 5) is 28.5. The molecule has 1 saturated heterocycles. The van der Waals surface area contributed by atoms with E-state index in [1.165, 1.54) is 38.9 Å². The minimum atomic E-state index is -4.86. The summed E-state index contributed by atoms with van der Waals surface area (Å²) in [6, 6.07) is 2.89. The van der Waals surface area contributed by atoms with Crippen LogP contribution < -0.4 is 4.90 Å². The summed E-state index contributed by atoms with van der Waals surface area (Å²) in [5.74, 6) is -2.01. The summed E-state index contributed by atoms with van der Waals surface area (Å²) >= 11 is 5.30. The van der Waals surface area contributed by atoms with E-state index in [2.05, 4.69) is 0 Å². The van der Waals surface area contributed by atoms with E-state index < -0.39 is 50.5 Å². The Labute approximate surface area is 183 Å². The molecular weight excluding hydrogens is 459 g/mol. The minimum absolute atomic E-state index is 0.0167. The third kappa shape index (κ3) is 5.15. The van der Waals surface area contributed by atoms with Crippen LogP contribution in [0.3, 0.4) is 0 Å². The summed E-state index contributed by atoms with van der Waals surface area (Å²) < 4.78 is 71.7. The predicted octanol–water partition coefficient (Wildman–Crippen LogP) is 2.40. The number of hydrogen-bond donors (Lipinski definition) is 1. The lowest BCUT2D eigenvalue weighted by atomic mass is 10.0. The van der Waals surface area contributed by atoms with Crippen molar-refractivity contribution in [1.82, 2.24) is 9.80 Å². The lowest BCUT2D eigenvalue weighted by Crippen LogP contribution is -2.44. The van der Waals surface area contributed by atoms with Gasteiger partial charge in [0, 0.05) is 20.6 Å². The number of rotatable bonds is 6. The number of alkyl halides is 3. The lowest BCUT2D eigenvalue weighted by Gasteiger charge is -2.29. The molecule has 8 nitrogen and oxygen atoms in total. The number of thiocarbonyl (C=S) groups is 1. The van der Waals surface area contributed by atoms with Crippen LogP contribution in [0.5, 0.6) is 0 Å². The fourth-order valence-electron chi connectivity index (χ4n) is 3.18. The Balaban J connectivity index is 2.47. The van der Waals surface area contributed by atoms with Crippen LogP contribution in [0.25, 0.3) is 0 Å². The van der Waals surface area contributed by atoms with Crippen LogP contribution in [0, 0.1) is 0 Å². The molecule has 1 N–H and O–H groups in total. The molecule has 0 radical (unpaired) electrons. The predicted molar refractivity (Wildman–Crippen MR) is 111 cm³/mol. The van der Waals surface area contributed by atoms with E-state index in [9.17, 15) is 31.2 Å². The SMILES string of the molecule is CN(C)C(=O)c1ccc(N2C(=O)C(C)(C)N(CCCS(=O)(=O)O)C2=S)cc1C(F)(F)F. The highest BCUT2D eigenvalue weighted by Gasteiger charge is 2.49. The largest absolute Gasteiger partial charge is 0.417 e. The van der Waals surface area contributed by atoms with Gasteiger partial charge in [-0.25, -0.2) is 0 Å². The van der Waals surface area contributed by atoms with Gasteiger partial charge in [0.15, 0.2) is 5.11 Å². The van der Waals surface area contributed by atoms with Crippen molar-refractivity contribution in [2.45, 2.75) is 32.0 Å². The maximum atomic E-state index is 13.6. The van der Waals surface area contributed by atoms with Crippen LogP contribution in [0.2, 0.25) is 0 Å². The molecule has 1 heterocycles. The number of carbonyl (C=O) groups excluding carboxylic acids is 2. The van der Waals surface area contributed by atoms with Crippen LogP contribution in [0.4, 0.5) is 18.9 Å². The Bertz CT molecular complexity index is 1020. The fourth-order valence-corrected chi connectivity index (χ4v) is 4.18. The third-order valence-electron chi connectivity index (χ3n) is 4.81. The van der Waals surface area contributed by atoms with Crippen molar-refractivity contribution in [3.8, 4) is 0 Å². The van der Waals surface area contributed by atoms with Gasteiger partial charge in [-0.2, -0.15) is 21.6 Å². The highest BCUT2D eigenvalue weighted by atomic mass is 32.2. The molecule has 0 saturated carbocycles. The van der Waals surface area contributed by atoms with Crippen molar-refractivity contribution in [2.24, 2.45) is 0 Å². The first-order valence-electron chi connectivity index (χ1n) is 9.02. The van der Waals surface area contributed by atoms with Gasteiger partial charge >= 0.3 is 6.18 Å². The fraction of sp³-hybridized carbons (Fsp3) is 0.500. The van der Waals surface area contributed by atoms with Crippen molar-refractivity contribution in [3.05, 3.63) is 29.3 Å². The maximum absolute atomic E-state index is 13.6. The van der Waals surface area contributed by atoms with Crippen molar-refractivity contribution in [2.75, 3.05) is 31.3 Å². The molecule has 2 rings (SSSR count). The Morgan fingerprint density at radius 3 is 2.32 bits per heavy atom. The molecule has 1 aromatic carbocycles. The van der Waals surface area contributed by atoms with E-state index in [0.29, 0.717) is 6.07 Å². The number of nitrogens with zero attached hydrogens (tertiary/aromatic N) is 3. The number of amides is 2. The molecule has 0 atom stereocenters. The van der Waals surface area contributed by atoms with Crippen LogP contribution in [-0.4, -0.2) is 71.6 Å². The van der Waals surface area contributed by atoms with Crippen molar-refractivity contribution in [1.29, 1.82) is 0 Å². The molecule has 0 unspecified atom stereocenters. The van der Waals surface area contributed by atoms with E-state index in [4.69, 9.17) is 16.8 Å². The number of halogens is 3. The van der Waals surface area contributed by atoms with E-state index in [-0.39, 0.29) is 23.8 Å². The molecule has 0 aromatic heterocycles. The van der Waals surface area contributed by atoms with Crippen LogP contribution in [-0.2, 0) is 21.1 Å². The molecular formula is C18H22F3N3O5S2. The Kier molecular flexibility index (Phi) is 6.74. The van der Waals surface area contributed by atoms with Gasteiger partial charge in [0.25, 0.3) is 21.9 Å². The number of benzene rings is 1. The van der Waals surface area contributed by atoms with Gasteiger partial charge in [-0.1, -0.05) is 0 Å². The average molecular weight is 482 g/mol. The van der Waals surface area contributed by atoms with Gasteiger partial charge in [0.2, 0.25) is 0 Å². The number of anilines is 1. The molecule has 31 heavy (non-hydrogen) atoms. The van der Waals surface area contributed by atoms with E-state index in [0.717, 1.165) is 15.9 Å². The van der Waals surface area contributed by atoms with Crippen molar-refractivity contribution >= 4 is 45.0 Å². The molecule has 0 bridgehead atoms. The second-order valence-electron chi connectivity index (χ2n) is 7.70. The first kappa shape index (κ1) is 25.0. The zero-order chi connectivity index (χ0) is 23.9. The quantitative estimate of drug-likeness (QED) is 0.492. The molecule has 1 aliphatic rings. The standard InChI is InChI=1S/C18H22F3N3O5S2/c1-17(2)15(26)24(16(30)23(17)8-5-9-31(27,28)29)11-6-7-12(14(25)22(3)4)13(10-11)18(19,20)21/h6-7,10H,5,8-9H2,1-4H3,(H,27,28,29). The first-order chi connectivity index (χ1) is 14.0. The molecule has 2 amide bonds. The minimum Gasteiger partial charge on any atom is -0.345 e. The average Bonchev–Trinajstić information content (AvgIpc) is 2.78. The first-order valence-corrected chi connectivity index (χ1v) is 11.0. The maximum Gasteiger partial charge on any atom is 0.417 e. The number of carbonyl (C=O) groups is 2. The molecule has 1 aliphatic heterocycles. The summed E-state index contributed by atoms with van der Waals surface area (Å²) in [6.07, 6.45) is -4.90. The van der Waals surface area contributed by atoms with Gasteiger partial charge in [-0.15, -0.1) is 0 Å².